The Balaban J connectivity index is 1.64. The molecule has 0 unspecified atom stereocenters. The molecule has 112 valence electrons. The molecule has 3 rings (SSSR count). The van der Waals surface area contributed by atoms with E-state index in [1.54, 1.807) is 16.7 Å². The highest BCUT2D eigenvalue weighted by molar-refractivity contribution is 7.99. The third kappa shape index (κ3) is 3.31. The molecule has 4 nitrogen and oxygen atoms in total. The molecular weight excluding hydrogens is 296 g/mol. The Morgan fingerprint density at radius 1 is 1.09 bits per heavy atom. The molecule has 22 heavy (non-hydrogen) atoms. The van der Waals surface area contributed by atoms with Crippen molar-refractivity contribution in [3.63, 3.8) is 0 Å². The highest BCUT2D eigenvalue weighted by Crippen LogP contribution is 2.29. The van der Waals surface area contributed by atoms with E-state index in [1.165, 1.54) is 5.56 Å². The van der Waals surface area contributed by atoms with Gasteiger partial charge in [0.1, 0.15) is 6.54 Å². The van der Waals surface area contributed by atoms with Gasteiger partial charge in [0.05, 0.1) is 17.1 Å². The van der Waals surface area contributed by atoms with Gasteiger partial charge in [-0.2, -0.15) is 0 Å². The van der Waals surface area contributed by atoms with Crippen molar-refractivity contribution in [3.8, 4) is 0 Å². The van der Waals surface area contributed by atoms with Gasteiger partial charge in [0.15, 0.2) is 0 Å². The van der Waals surface area contributed by atoms with Crippen LogP contribution in [0, 0.1) is 0 Å². The van der Waals surface area contributed by atoms with Crippen LogP contribution in [-0.4, -0.2) is 24.1 Å². The van der Waals surface area contributed by atoms with E-state index in [0.29, 0.717) is 11.4 Å². The molecule has 0 fully saturated rings. The summed E-state index contributed by atoms with van der Waals surface area (Å²) in [4.78, 5) is 25.7. The molecule has 0 saturated heterocycles. The first-order valence-corrected chi connectivity index (χ1v) is 8.20. The van der Waals surface area contributed by atoms with Crippen molar-refractivity contribution in [2.45, 2.75) is 5.75 Å². The zero-order valence-electron chi connectivity index (χ0n) is 12.0. The number of nitrogens with one attached hydrogen (secondary N) is 1. The van der Waals surface area contributed by atoms with Crippen molar-refractivity contribution < 1.29 is 9.59 Å². The lowest BCUT2D eigenvalue weighted by Gasteiger charge is -2.29. The van der Waals surface area contributed by atoms with Gasteiger partial charge in [0, 0.05) is 5.75 Å². The molecule has 0 atom stereocenters. The van der Waals surface area contributed by atoms with Crippen LogP contribution >= 0.6 is 11.8 Å². The molecule has 0 aliphatic carbocycles. The third-order valence-corrected chi connectivity index (χ3v) is 4.40. The fourth-order valence-corrected chi connectivity index (χ4v) is 3.22. The number of carbonyl (C=O) groups excluding carboxylic acids is 2. The predicted octanol–water partition coefficient (Wildman–Crippen LogP) is 2.91. The second-order valence-corrected chi connectivity index (χ2v) is 6.01. The van der Waals surface area contributed by atoms with E-state index in [4.69, 9.17) is 0 Å². The number of amides is 2. The topological polar surface area (TPSA) is 49.4 Å². The Bertz CT molecular complexity index is 688. The summed E-state index contributed by atoms with van der Waals surface area (Å²) in [6.07, 6.45) is 0. The number of carbonyl (C=O) groups is 2. The van der Waals surface area contributed by atoms with Crippen molar-refractivity contribution in [2.24, 2.45) is 0 Å². The molecule has 1 heterocycles. The summed E-state index contributed by atoms with van der Waals surface area (Å²) in [5.41, 5.74) is 2.66. The second kappa shape index (κ2) is 6.66. The highest BCUT2D eigenvalue weighted by atomic mass is 32.2. The van der Waals surface area contributed by atoms with Gasteiger partial charge in [0.2, 0.25) is 11.8 Å². The first-order valence-electron chi connectivity index (χ1n) is 7.05. The number of thioether (sulfide) groups is 1. The maximum Gasteiger partial charge on any atom is 0.244 e. The standard InChI is InChI=1S/C17H16N2O2S/c20-16-10-19(15-9-5-4-8-14(15)18-16)17(21)12-22-11-13-6-2-1-3-7-13/h1-9H,10-12H2,(H,18,20). The van der Waals surface area contributed by atoms with Crippen LogP contribution in [0.5, 0.6) is 0 Å². The number of benzene rings is 2. The lowest BCUT2D eigenvalue weighted by Crippen LogP contribution is -2.43. The van der Waals surface area contributed by atoms with Crippen molar-refractivity contribution in [1.29, 1.82) is 0 Å². The number of nitrogens with zero attached hydrogens (tertiary/aromatic N) is 1. The number of fused-ring (bicyclic) bond motifs is 1. The van der Waals surface area contributed by atoms with E-state index in [1.807, 2.05) is 54.6 Å². The lowest BCUT2D eigenvalue weighted by atomic mass is 10.2. The minimum atomic E-state index is -0.153. The van der Waals surface area contributed by atoms with Gasteiger partial charge < -0.3 is 10.2 Å². The molecular formula is C17H16N2O2S. The van der Waals surface area contributed by atoms with Gasteiger partial charge in [-0.05, 0) is 17.7 Å². The average Bonchev–Trinajstić information content (AvgIpc) is 2.55. The number of hydrogen-bond acceptors (Lipinski definition) is 3. The molecule has 1 aliphatic rings. The number of rotatable bonds is 4. The maximum absolute atomic E-state index is 12.4. The van der Waals surface area contributed by atoms with Crippen LogP contribution in [0.3, 0.4) is 0 Å². The van der Waals surface area contributed by atoms with Crippen LogP contribution < -0.4 is 10.2 Å². The van der Waals surface area contributed by atoms with Crippen molar-refractivity contribution in [3.05, 3.63) is 60.2 Å². The van der Waals surface area contributed by atoms with Gasteiger partial charge >= 0.3 is 0 Å². The molecule has 2 amide bonds. The normalized spacial score (nSPS) is 13.5. The monoisotopic (exact) mass is 312 g/mol. The third-order valence-electron chi connectivity index (χ3n) is 3.41. The minimum Gasteiger partial charge on any atom is -0.323 e. The predicted molar refractivity (Wildman–Crippen MR) is 90.0 cm³/mol. The molecule has 1 N–H and O–H groups in total. The SMILES string of the molecule is O=C1CN(C(=O)CSCc2ccccc2)c2ccccc2N1. The Kier molecular flexibility index (Phi) is 4.44. The molecule has 2 aromatic rings. The van der Waals surface area contributed by atoms with E-state index in [9.17, 15) is 9.59 Å². The molecule has 0 aromatic heterocycles. The van der Waals surface area contributed by atoms with Crippen LogP contribution in [0.4, 0.5) is 11.4 Å². The summed E-state index contributed by atoms with van der Waals surface area (Å²) in [5, 5.41) is 2.79. The summed E-state index contributed by atoms with van der Waals surface area (Å²) in [5.74, 6) is 0.952. The zero-order chi connectivity index (χ0) is 15.4. The Labute approximate surface area is 133 Å². The number of anilines is 2. The fraction of sp³-hybridized carbons (Fsp3) is 0.176. The second-order valence-electron chi connectivity index (χ2n) is 5.02. The van der Waals surface area contributed by atoms with Gasteiger partial charge in [-0.1, -0.05) is 42.5 Å². The highest BCUT2D eigenvalue weighted by Gasteiger charge is 2.26. The van der Waals surface area contributed by atoms with Gasteiger partial charge in [-0.3, -0.25) is 9.59 Å². The minimum absolute atomic E-state index is 0.0387. The van der Waals surface area contributed by atoms with E-state index in [0.717, 1.165) is 11.4 Å². The van der Waals surface area contributed by atoms with Crippen molar-refractivity contribution in [1.82, 2.24) is 0 Å². The fourth-order valence-electron chi connectivity index (χ4n) is 2.36. The van der Waals surface area contributed by atoms with Gasteiger partial charge in [-0.15, -0.1) is 11.8 Å². The summed E-state index contributed by atoms with van der Waals surface area (Å²) >= 11 is 1.56. The van der Waals surface area contributed by atoms with Crippen LogP contribution in [0.2, 0.25) is 0 Å². The summed E-state index contributed by atoms with van der Waals surface area (Å²) in [6.45, 7) is 0.0851. The lowest BCUT2D eigenvalue weighted by molar-refractivity contribution is -0.120. The average molecular weight is 312 g/mol. The summed E-state index contributed by atoms with van der Waals surface area (Å²) in [6, 6.07) is 17.4. The van der Waals surface area contributed by atoms with Gasteiger partial charge in [0.25, 0.3) is 0 Å². The molecule has 5 heteroatoms. The van der Waals surface area contributed by atoms with Crippen LogP contribution in [-0.2, 0) is 15.3 Å². The van der Waals surface area contributed by atoms with Gasteiger partial charge in [-0.25, -0.2) is 0 Å². The smallest absolute Gasteiger partial charge is 0.244 e. The van der Waals surface area contributed by atoms with Crippen LogP contribution in [0.25, 0.3) is 0 Å². The molecule has 1 aliphatic heterocycles. The summed E-state index contributed by atoms with van der Waals surface area (Å²) < 4.78 is 0. The van der Waals surface area contributed by atoms with Crippen LogP contribution in [0.15, 0.2) is 54.6 Å². The van der Waals surface area contributed by atoms with E-state index in [-0.39, 0.29) is 18.4 Å². The quantitative estimate of drug-likeness (QED) is 0.944. The Hall–Kier alpha value is -2.27. The molecule has 2 aromatic carbocycles. The largest absolute Gasteiger partial charge is 0.323 e. The first kappa shape index (κ1) is 14.7. The number of para-hydroxylation sites is 2. The first-order chi connectivity index (χ1) is 10.7. The Morgan fingerprint density at radius 2 is 1.82 bits per heavy atom. The van der Waals surface area contributed by atoms with Crippen molar-refractivity contribution in [2.75, 3.05) is 22.5 Å². The maximum atomic E-state index is 12.4. The molecule has 0 bridgehead atoms. The number of hydrogen-bond donors (Lipinski definition) is 1. The van der Waals surface area contributed by atoms with E-state index in [2.05, 4.69) is 5.32 Å². The van der Waals surface area contributed by atoms with E-state index < -0.39 is 0 Å². The molecule has 0 saturated carbocycles. The van der Waals surface area contributed by atoms with Crippen LogP contribution in [0.1, 0.15) is 5.56 Å². The molecule has 0 radical (unpaired) electrons. The van der Waals surface area contributed by atoms with Crippen molar-refractivity contribution >= 4 is 35.0 Å². The zero-order valence-corrected chi connectivity index (χ0v) is 12.8. The van der Waals surface area contributed by atoms with E-state index >= 15 is 0 Å². The Morgan fingerprint density at radius 3 is 2.64 bits per heavy atom. The summed E-state index contributed by atoms with van der Waals surface area (Å²) in [7, 11) is 0. The molecule has 0 spiro atoms.